The van der Waals surface area contributed by atoms with E-state index in [2.05, 4.69) is 35.3 Å². The smallest absolute Gasteiger partial charge is 0.160 e. The van der Waals surface area contributed by atoms with Gasteiger partial charge in [-0.1, -0.05) is 6.92 Å². The molecular weight excluding hydrogens is 252 g/mol. The minimum atomic E-state index is 0.320. The second-order valence-electron chi connectivity index (χ2n) is 5.45. The van der Waals surface area contributed by atoms with Crippen LogP contribution in [-0.2, 0) is 11.2 Å². The molecule has 1 aliphatic rings. The van der Waals surface area contributed by atoms with Crippen molar-refractivity contribution >= 4 is 11.5 Å². The first-order chi connectivity index (χ1) is 9.69. The highest BCUT2D eigenvalue weighted by Crippen LogP contribution is 2.20. The van der Waals surface area contributed by atoms with Crippen LogP contribution in [0.25, 0.3) is 5.65 Å². The Hall–Kier alpha value is -1.62. The van der Waals surface area contributed by atoms with Crippen LogP contribution in [0.4, 0.5) is 5.82 Å². The van der Waals surface area contributed by atoms with E-state index >= 15 is 0 Å². The summed E-state index contributed by atoms with van der Waals surface area (Å²) < 4.78 is 7.58. The fraction of sp³-hybridized carbons (Fsp3) is 0.600. The summed E-state index contributed by atoms with van der Waals surface area (Å²) in [6, 6.07) is 2.09. The van der Waals surface area contributed by atoms with Gasteiger partial charge in [0, 0.05) is 30.5 Å². The summed E-state index contributed by atoms with van der Waals surface area (Å²) in [6.45, 7) is 7.95. The first-order valence-corrected chi connectivity index (χ1v) is 7.40. The standard InChI is InChI=1S/C15H22N4O/c1-4-12-8-14(16-9-13-6-5-7-20-13)19-15(17-12)10(2)11(3)18-19/h8,13,16H,4-7,9H2,1-3H3. The average Bonchev–Trinajstić information content (AvgIpc) is 3.06. The van der Waals surface area contributed by atoms with Crippen LogP contribution in [0, 0.1) is 13.8 Å². The molecule has 2 aromatic rings. The summed E-state index contributed by atoms with van der Waals surface area (Å²) >= 11 is 0. The number of fused-ring (bicyclic) bond motifs is 1. The van der Waals surface area contributed by atoms with Crippen molar-refractivity contribution in [2.75, 3.05) is 18.5 Å². The Kier molecular flexibility index (Phi) is 3.61. The molecule has 0 bridgehead atoms. The Labute approximate surface area is 119 Å². The van der Waals surface area contributed by atoms with Gasteiger partial charge in [-0.05, 0) is 33.1 Å². The van der Waals surface area contributed by atoms with Crippen molar-refractivity contribution < 1.29 is 4.74 Å². The first kappa shape index (κ1) is 13.4. The molecule has 1 atom stereocenters. The summed E-state index contributed by atoms with van der Waals surface area (Å²) in [5.74, 6) is 1.01. The van der Waals surface area contributed by atoms with Crippen molar-refractivity contribution in [3.63, 3.8) is 0 Å². The highest BCUT2D eigenvalue weighted by molar-refractivity contribution is 5.56. The zero-order valence-corrected chi connectivity index (χ0v) is 12.4. The van der Waals surface area contributed by atoms with Gasteiger partial charge in [-0.3, -0.25) is 0 Å². The van der Waals surface area contributed by atoms with Gasteiger partial charge < -0.3 is 10.1 Å². The van der Waals surface area contributed by atoms with Crippen molar-refractivity contribution in [3.05, 3.63) is 23.0 Å². The molecule has 5 heteroatoms. The van der Waals surface area contributed by atoms with Crippen molar-refractivity contribution in [1.29, 1.82) is 0 Å². The van der Waals surface area contributed by atoms with E-state index in [9.17, 15) is 0 Å². The number of aromatic nitrogens is 3. The van der Waals surface area contributed by atoms with Gasteiger partial charge in [0.25, 0.3) is 0 Å². The number of hydrogen-bond donors (Lipinski definition) is 1. The van der Waals surface area contributed by atoms with E-state index in [0.717, 1.165) is 60.8 Å². The van der Waals surface area contributed by atoms with E-state index in [1.807, 2.05) is 11.4 Å². The predicted molar refractivity (Wildman–Crippen MR) is 79.3 cm³/mol. The zero-order chi connectivity index (χ0) is 14.1. The molecule has 1 saturated heterocycles. The topological polar surface area (TPSA) is 51.5 Å². The van der Waals surface area contributed by atoms with Crippen LogP contribution in [0.3, 0.4) is 0 Å². The molecule has 1 fully saturated rings. The summed E-state index contributed by atoms with van der Waals surface area (Å²) in [5, 5.41) is 8.06. The number of hydrogen-bond acceptors (Lipinski definition) is 4. The van der Waals surface area contributed by atoms with E-state index in [-0.39, 0.29) is 0 Å². The second kappa shape index (κ2) is 5.40. The van der Waals surface area contributed by atoms with Gasteiger partial charge in [-0.25, -0.2) is 4.98 Å². The van der Waals surface area contributed by atoms with E-state index in [0.29, 0.717) is 6.10 Å². The quantitative estimate of drug-likeness (QED) is 0.930. The number of ether oxygens (including phenoxy) is 1. The lowest BCUT2D eigenvalue weighted by Gasteiger charge is -2.13. The molecule has 3 rings (SSSR count). The normalized spacial score (nSPS) is 18.9. The average molecular weight is 274 g/mol. The molecule has 0 spiro atoms. The van der Waals surface area contributed by atoms with Crippen LogP contribution >= 0.6 is 0 Å². The summed E-state index contributed by atoms with van der Waals surface area (Å²) in [6.07, 6.45) is 3.55. The minimum absolute atomic E-state index is 0.320. The molecule has 0 radical (unpaired) electrons. The molecule has 0 aromatic carbocycles. The Morgan fingerprint density at radius 2 is 2.30 bits per heavy atom. The maximum atomic E-state index is 5.66. The van der Waals surface area contributed by atoms with Crippen LogP contribution in [0.15, 0.2) is 6.07 Å². The lowest BCUT2D eigenvalue weighted by Crippen LogP contribution is -2.20. The van der Waals surface area contributed by atoms with Gasteiger partial charge in [0.05, 0.1) is 11.8 Å². The van der Waals surface area contributed by atoms with Crippen molar-refractivity contribution in [2.24, 2.45) is 0 Å². The fourth-order valence-corrected chi connectivity index (χ4v) is 2.61. The van der Waals surface area contributed by atoms with Crippen LogP contribution in [0.5, 0.6) is 0 Å². The molecule has 1 N–H and O–H groups in total. The first-order valence-electron chi connectivity index (χ1n) is 7.40. The predicted octanol–water partition coefficient (Wildman–Crippen LogP) is 2.50. The molecule has 0 saturated carbocycles. The molecule has 5 nitrogen and oxygen atoms in total. The largest absolute Gasteiger partial charge is 0.376 e. The number of nitrogens with one attached hydrogen (secondary N) is 1. The third-order valence-electron chi connectivity index (χ3n) is 4.01. The highest BCUT2D eigenvalue weighted by atomic mass is 16.5. The van der Waals surface area contributed by atoms with Gasteiger partial charge in [-0.15, -0.1) is 0 Å². The van der Waals surface area contributed by atoms with Crippen LogP contribution in [0.1, 0.15) is 36.7 Å². The van der Waals surface area contributed by atoms with Crippen molar-refractivity contribution in [1.82, 2.24) is 14.6 Å². The molecular formula is C15H22N4O. The molecule has 108 valence electrons. The van der Waals surface area contributed by atoms with Gasteiger partial charge in [-0.2, -0.15) is 9.61 Å². The van der Waals surface area contributed by atoms with Crippen LogP contribution < -0.4 is 5.32 Å². The van der Waals surface area contributed by atoms with Crippen LogP contribution in [-0.4, -0.2) is 33.9 Å². The molecule has 0 amide bonds. The highest BCUT2D eigenvalue weighted by Gasteiger charge is 2.17. The molecule has 3 heterocycles. The Bertz CT molecular complexity index is 614. The molecule has 1 aliphatic heterocycles. The lowest BCUT2D eigenvalue weighted by atomic mass is 10.2. The SMILES string of the molecule is CCc1cc(NCC2CCCO2)n2nc(C)c(C)c2n1. The number of rotatable bonds is 4. The van der Waals surface area contributed by atoms with E-state index in [1.54, 1.807) is 0 Å². The van der Waals surface area contributed by atoms with Gasteiger partial charge in [0.2, 0.25) is 0 Å². The van der Waals surface area contributed by atoms with Crippen LogP contribution in [0.2, 0.25) is 0 Å². The van der Waals surface area contributed by atoms with E-state index in [1.165, 1.54) is 0 Å². The Morgan fingerprint density at radius 1 is 1.45 bits per heavy atom. The second-order valence-corrected chi connectivity index (χ2v) is 5.45. The Balaban J connectivity index is 1.93. The van der Waals surface area contributed by atoms with E-state index in [4.69, 9.17) is 4.74 Å². The van der Waals surface area contributed by atoms with Gasteiger partial charge >= 0.3 is 0 Å². The lowest BCUT2D eigenvalue weighted by molar-refractivity contribution is 0.120. The fourth-order valence-electron chi connectivity index (χ4n) is 2.61. The monoisotopic (exact) mass is 274 g/mol. The van der Waals surface area contributed by atoms with Gasteiger partial charge in [0.1, 0.15) is 5.82 Å². The maximum absolute atomic E-state index is 5.66. The third-order valence-corrected chi connectivity index (χ3v) is 4.01. The Morgan fingerprint density at radius 3 is 3.00 bits per heavy atom. The van der Waals surface area contributed by atoms with Crippen molar-refractivity contribution in [2.45, 2.75) is 46.1 Å². The zero-order valence-electron chi connectivity index (χ0n) is 12.4. The van der Waals surface area contributed by atoms with E-state index < -0.39 is 0 Å². The number of anilines is 1. The maximum Gasteiger partial charge on any atom is 0.160 e. The molecule has 2 aromatic heterocycles. The summed E-state index contributed by atoms with van der Waals surface area (Å²) in [7, 11) is 0. The number of nitrogens with zero attached hydrogens (tertiary/aromatic N) is 3. The third kappa shape index (κ3) is 2.38. The minimum Gasteiger partial charge on any atom is -0.376 e. The number of aryl methyl sites for hydroxylation is 3. The molecule has 1 unspecified atom stereocenters. The molecule has 0 aliphatic carbocycles. The molecule has 20 heavy (non-hydrogen) atoms. The van der Waals surface area contributed by atoms with Crippen molar-refractivity contribution in [3.8, 4) is 0 Å². The summed E-state index contributed by atoms with van der Waals surface area (Å²) in [5.41, 5.74) is 4.23. The summed E-state index contributed by atoms with van der Waals surface area (Å²) in [4.78, 5) is 4.68. The van der Waals surface area contributed by atoms with Gasteiger partial charge in [0.15, 0.2) is 5.65 Å².